The van der Waals surface area contributed by atoms with Gasteiger partial charge in [0.05, 0.1) is 0 Å². The van der Waals surface area contributed by atoms with E-state index < -0.39 is 10.8 Å². The number of hydrogen-bond donors (Lipinski definition) is 1. The highest BCUT2D eigenvalue weighted by molar-refractivity contribution is 7.85. The van der Waals surface area contributed by atoms with Crippen LogP contribution < -0.4 is 5.73 Å². The number of nitrogens with two attached hydrogens (primary N) is 1. The van der Waals surface area contributed by atoms with Crippen LogP contribution in [0.5, 0.6) is 0 Å². The molecule has 0 saturated heterocycles. The van der Waals surface area contributed by atoms with Crippen LogP contribution in [0, 0.1) is 0 Å². The molecule has 0 bridgehead atoms. The smallest absolute Gasteiger partial charge is 0.0386 e. The Balaban J connectivity index is 3.27. The molecule has 0 spiro atoms. The van der Waals surface area contributed by atoms with Crippen molar-refractivity contribution in [1.29, 1.82) is 0 Å². The average Bonchev–Trinajstić information content (AvgIpc) is 2.17. The van der Waals surface area contributed by atoms with E-state index >= 15 is 0 Å². The number of unbranched alkanes of at least 4 members (excludes halogenated alkanes) is 4. The Hall–Kier alpha value is 0.110. The Bertz CT molecular complexity index is 150. The second-order valence-electron chi connectivity index (χ2n) is 3.89. The van der Waals surface area contributed by atoms with E-state index in [0.29, 0.717) is 5.75 Å². The van der Waals surface area contributed by atoms with Gasteiger partial charge in [0.15, 0.2) is 0 Å². The normalized spacial score (nSPS) is 15.4. The van der Waals surface area contributed by atoms with Gasteiger partial charge in [-0.25, -0.2) is 0 Å². The van der Waals surface area contributed by atoms with Crippen LogP contribution in [0.2, 0.25) is 0 Å². The second kappa shape index (κ2) is 9.66. The average molecular weight is 219 g/mol. The largest absolute Gasteiger partial charge is 0.327 e. The minimum atomic E-state index is -0.680. The lowest BCUT2D eigenvalue weighted by molar-refractivity contribution is 0.640. The molecule has 0 aromatic carbocycles. The number of hydrogen-bond acceptors (Lipinski definition) is 2. The molecular formula is C11H25NOS. The molecule has 3 heteroatoms. The van der Waals surface area contributed by atoms with Crippen molar-refractivity contribution in [3.05, 3.63) is 0 Å². The summed E-state index contributed by atoms with van der Waals surface area (Å²) in [4.78, 5) is 0. The zero-order valence-electron chi connectivity index (χ0n) is 9.63. The molecule has 0 aliphatic heterocycles. The first-order valence-electron chi connectivity index (χ1n) is 5.81. The molecule has 0 aromatic heterocycles. The number of rotatable bonds is 9. The summed E-state index contributed by atoms with van der Waals surface area (Å²) in [5, 5.41) is 0. The van der Waals surface area contributed by atoms with E-state index in [0.717, 1.165) is 18.6 Å². The third-order valence-corrected chi connectivity index (χ3v) is 3.94. The van der Waals surface area contributed by atoms with Gasteiger partial charge in [0.2, 0.25) is 0 Å². The lowest BCUT2D eigenvalue weighted by Crippen LogP contribution is -2.26. The third kappa shape index (κ3) is 8.70. The van der Waals surface area contributed by atoms with Gasteiger partial charge in [-0.15, -0.1) is 0 Å². The maximum absolute atomic E-state index is 11.5. The van der Waals surface area contributed by atoms with Crippen molar-refractivity contribution in [2.75, 3.05) is 11.5 Å². The highest BCUT2D eigenvalue weighted by atomic mass is 32.2. The Morgan fingerprint density at radius 3 is 2.36 bits per heavy atom. The van der Waals surface area contributed by atoms with Crippen LogP contribution >= 0.6 is 0 Å². The highest BCUT2D eigenvalue weighted by Gasteiger charge is 2.05. The van der Waals surface area contributed by atoms with E-state index in [2.05, 4.69) is 6.92 Å². The predicted octanol–water partition coefficient (Wildman–Crippen LogP) is 2.44. The van der Waals surface area contributed by atoms with Crippen molar-refractivity contribution in [3.8, 4) is 0 Å². The van der Waals surface area contributed by atoms with Crippen molar-refractivity contribution in [3.63, 3.8) is 0 Å². The minimum Gasteiger partial charge on any atom is -0.327 e. The zero-order valence-corrected chi connectivity index (χ0v) is 10.4. The van der Waals surface area contributed by atoms with Crippen molar-refractivity contribution < 1.29 is 4.21 Å². The molecule has 2 nitrogen and oxygen atoms in total. The van der Waals surface area contributed by atoms with Gasteiger partial charge in [-0.2, -0.15) is 0 Å². The second-order valence-corrected chi connectivity index (χ2v) is 5.51. The molecule has 2 atom stereocenters. The molecule has 2 N–H and O–H groups in total. The van der Waals surface area contributed by atoms with E-state index in [9.17, 15) is 4.21 Å². The quantitative estimate of drug-likeness (QED) is 0.605. The van der Waals surface area contributed by atoms with E-state index in [1.54, 1.807) is 0 Å². The Labute approximate surface area is 91.1 Å². The summed E-state index contributed by atoms with van der Waals surface area (Å²) in [7, 11) is -0.680. The SMILES string of the molecule is CCCCCCCS(=O)CC(N)CC. The predicted molar refractivity (Wildman–Crippen MR) is 64.9 cm³/mol. The molecule has 0 heterocycles. The Morgan fingerprint density at radius 2 is 1.79 bits per heavy atom. The summed E-state index contributed by atoms with van der Waals surface area (Å²) in [5.74, 6) is 1.53. The molecule has 2 unspecified atom stereocenters. The van der Waals surface area contributed by atoms with Crippen molar-refractivity contribution in [2.45, 2.75) is 58.4 Å². The molecule has 14 heavy (non-hydrogen) atoms. The fourth-order valence-corrected chi connectivity index (χ4v) is 2.71. The maximum atomic E-state index is 11.5. The van der Waals surface area contributed by atoms with Crippen molar-refractivity contribution >= 4 is 10.8 Å². The monoisotopic (exact) mass is 219 g/mol. The van der Waals surface area contributed by atoms with Gasteiger partial charge >= 0.3 is 0 Å². The Kier molecular flexibility index (Phi) is 9.73. The summed E-state index contributed by atoms with van der Waals surface area (Å²) in [6.07, 6.45) is 7.12. The van der Waals surface area contributed by atoms with E-state index in [4.69, 9.17) is 5.73 Å². The van der Waals surface area contributed by atoms with E-state index in [-0.39, 0.29) is 6.04 Å². The van der Waals surface area contributed by atoms with Crippen LogP contribution in [0.4, 0.5) is 0 Å². The standard InChI is InChI=1S/C11H25NOS/c1-3-5-6-7-8-9-14(13)10-11(12)4-2/h11H,3-10,12H2,1-2H3. The molecular weight excluding hydrogens is 194 g/mol. The molecule has 0 fully saturated rings. The van der Waals surface area contributed by atoms with Gasteiger partial charge in [-0.05, 0) is 12.8 Å². The van der Waals surface area contributed by atoms with Crippen LogP contribution in [0.1, 0.15) is 52.4 Å². The lowest BCUT2D eigenvalue weighted by Gasteiger charge is -2.07. The topological polar surface area (TPSA) is 43.1 Å². The highest BCUT2D eigenvalue weighted by Crippen LogP contribution is 2.04. The summed E-state index contributed by atoms with van der Waals surface area (Å²) in [6.45, 7) is 4.25. The maximum Gasteiger partial charge on any atom is 0.0386 e. The first kappa shape index (κ1) is 14.1. The van der Waals surface area contributed by atoms with Gasteiger partial charge in [0.1, 0.15) is 0 Å². The summed E-state index contributed by atoms with van der Waals surface area (Å²) in [5.41, 5.74) is 5.73. The molecule has 0 aliphatic rings. The summed E-state index contributed by atoms with van der Waals surface area (Å²) in [6, 6.07) is 0.131. The van der Waals surface area contributed by atoms with Crippen LogP contribution in [0.3, 0.4) is 0 Å². The van der Waals surface area contributed by atoms with Crippen molar-refractivity contribution in [1.82, 2.24) is 0 Å². The molecule has 0 rings (SSSR count). The first-order chi connectivity index (χ1) is 6.70. The molecule has 86 valence electrons. The lowest BCUT2D eigenvalue weighted by atomic mass is 10.2. The zero-order chi connectivity index (χ0) is 10.8. The molecule has 0 aromatic rings. The van der Waals surface area contributed by atoms with Gasteiger partial charge in [-0.1, -0.05) is 39.5 Å². The van der Waals surface area contributed by atoms with Crippen LogP contribution in [-0.2, 0) is 10.8 Å². The summed E-state index contributed by atoms with van der Waals surface area (Å²) < 4.78 is 11.5. The van der Waals surface area contributed by atoms with E-state index in [1.807, 2.05) is 6.92 Å². The minimum absolute atomic E-state index is 0.131. The van der Waals surface area contributed by atoms with Crippen LogP contribution in [-0.4, -0.2) is 21.8 Å². The van der Waals surface area contributed by atoms with Crippen LogP contribution in [0.15, 0.2) is 0 Å². The van der Waals surface area contributed by atoms with Crippen molar-refractivity contribution in [2.24, 2.45) is 5.73 Å². The van der Waals surface area contributed by atoms with E-state index in [1.165, 1.54) is 25.7 Å². The van der Waals surface area contributed by atoms with Crippen LogP contribution in [0.25, 0.3) is 0 Å². The fourth-order valence-electron chi connectivity index (χ4n) is 1.31. The van der Waals surface area contributed by atoms with Gasteiger partial charge in [0, 0.05) is 28.3 Å². The third-order valence-electron chi connectivity index (χ3n) is 2.40. The van der Waals surface area contributed by atoms with Gasteiger partial charge in [0.25, 0.3) is 0 Å². The molecule has 0 aliphatic carbocycles. The fraction of sp³-hybridized carbons (Fsp3) is 1.00. The summed E-state index contributed by atoms with van der Waals surface area (Å²) >= 11 is 0. The van der Waals surface area contributed by atoms with Gasteiger partial charge in [-0.3, -0.25) is 4.21 Å². The first-order valence-corrected chi connectivity index (χ1v) is 7.30. The molecule has 0 radical (unpaired) electrons. The Morgan fingerprint density at radius 1 is 1.14 bits per heavy atom. The molecule has 0 saturated carbocycles. The molecule has 0 amide bonds. The van der Waals surface area contributed by atoms with Gasteiger partial charge < -0.3 is 5.73 Å².